The molecule has 1 unspecified atom stereocenters. The van der Waals surface area contributed by atoms with Crippen LogP contribution in [-0.4, -0.2) is 37.3 Å². The molecule has 0 fully saturated rings. The van der Waals surface area contributed by atoms with Gasteiger partial charge in [0.2, 0.25) is 0 Å². The van der Waals surface area contributed by atoms with Crippen LogP contribution in [0.15, 0.2) is 0 Å². The second-order valence-corrected chi connectivity index (χ2v) is 3.28. The average Bonchev–Trinajstić information content (AvgIpc) is 1.27. The number of esters is 1. The zero-order valence-corrected chi connectivity index (χ0v) is 6.89. The van der Waals surface area contributed by atoms with Crippen molar-refractivity contribution in [2.75, 3.05) is 0 Å². The van der Waals surface area contributed by atoms with E-state index in [4.69, 9.17) is 0 Å². The van der Waals surface area contributed by atoms with Gasteiger partial charge in [-0.1, -0.05) is 0 Å². The van der Waals surface area contributed by atoms with Gasteiger partial charge in [-0.25, -0.2) is 0 Å². The van der Waals surface area contributed by atoms with Crippen molar-refractivity contribution < 1.29 is 9.53 Å². The van der Waals surface area contributed by atoms with Crippen LogP contribution >= 0.6 is 0 Å². The molecule has 7 heavy (non-hydrogen) atoms. The molecule has 0 N–H and O–H groups in total. The van der Waals surface area contributed by atoms with E-state index in [1.165, 1.54) is 6.92 Å². The minimum absolute atomic E-state index is 0.164. The molecule has 36 valence electrons. The Morgan fingerprint density at radius 3 is 2.29 bits per heavy atom. The van der Waals surface area contributed by atoms with E-state index >= 15 is 0 Å². The standard InChI is InChI=1S/C4H7O2.Na/c1-3-6-4(2)5;/h3H,1-2H3;. The first-order valence-corrected chi connectivity index (χ1v) is 3.45. The monoisotopic (exact) mass is 110 g/mol. The summed E-state index contributed by atoms with van der Waals surface area (Å²) in [4.78, 5) is 10.1. The number of carbonyl (C=O) groups excluding carboxylic acids is 1. The SMILES string of the molecule is CC(=O)O[CH](C)[Na]. The van der Waals surface area contributed by atoms with E-state index < -0.39 is 0 Å². The Morgan fingerprint density at radius 1 is 1.86 bits per heavy atom. The molecule has 0 spiro atoms. The molecule has 0 aliphatic carbocycles. The van der Waals surface area contributed by atoms with Crippen LogP contribution in [0.3, 0.4) is 0 Å². The van der Waals surface area contributed by atoms with Crippen molar-refractivity contribution in [3.05, 3.63) is 0 Å². The van der Waals surface area contributed by atoms with Crippen LogP contribution in [-0.2, 0) is 9.53 Å². The number of hydrogen-bond acceptors (Lipinski definition) is 2. The normalized spacial score (nSPS) is 13.1. The predicted molar refractivity (Wildman–Crippen MR) is 27.0 cm³/mol. The maximum atomic E-state index is 10.1. The molecule has 0 aromatic carbocycles. The van der Waals surface area contributed by atoms with Crippen molar-refractivity contribution in [1.29, 1.82) is 0 Å². The van der Waals surface area contributed by atoms with Crippen LogP contribution in [0, 0.1) is 0 Å². The molecule has 0 aliphatic heterocycles. The molecule has 0 heterocycles. The second-order valence-electron chi connectivity index (χ2n) is 1.66. The molecular weight excluding hydrogens is 103 g/mol. The zero-order valence-electron chi connectivity index (χ0n) is 4.89. The van der Waals surface area contributed by atoms with Crippen LogP contribution in [0.1, 0.15) is 13.8 Å². The van der Waals surface area contributed by atoms with Gasteiger partial charge >= 0.3 is 60.6 Å². The zero-order chi connectivity index (χ0) is 5.86. The van der Waals surface area contributed by atoms with Gasteiger partial charge in [0.15, 0.2) is 0 Å². The van der Waals surface area contributed by atoms with Crippen LogP contribution in [0.25, 0.3) is 0 Å². The molecule has 2 nitrogen and oxygen atoms in total. The molecule has 1 atom stereocenters. The van der Waals surface area contributed by atoms with Crippen LogP contribution in [0.4, 0.5) is 0 Å². The van der Waals surface area contributed by atoms with Crippen molar-refractivity contribution in [1.82, 2.24) is 0 Å². The summed E-state index contributed by atoms with van der Waals surface area (Å²) in [5.74, 6) is -0.178. The third-order valence-electron chi connectivity index (χ3n) is 0.402. The van der Waals surface area contributed by atoms with Crippen molar-refractivity contribution in [2.45, 2.75) is 17.2 Å². The summed E-state index contributed by atoms with van der Waals surface area (Å²) in [6.45, 7) is 3.31. The van der Waals surface area contributed by atoms with Gasteiger partial charge < -0.3 is 0 Å². The summed E-state index contributed by atoms with van der Waals surface area (Å²) in [7, 11) is 0. The minimum atomic E-state index is -0.178. The Labute approximate surface area is 60.6 Å². The number of carbonyl (C=O) groups is 1. The van der Waals surface area contributed by atoms with Gasteiger partial charge in [0.05, 0.1) is 0 Å². The summed E-state index contributed by atoms with van der Waals surface area (Å²) in [6, 6.07) is 0. The van der Waals surface area contributed by atoms with Crippen molar-refractivity contribution in [2.24, 2.45) is 0 Å². The maximum absolute atomic E-state index is 10.1. The third-order valence-corrected chi connectivity index (χ3v) is 0.637. The van der Waals surface area contributed by atoms with Crippen LogP contribution < -0.4 is 0 Å². The van der Waals surface area contributed by atoms with Gasteiger partial charge in [0, 0.05) is 0 Å². The fourth-order valence-electron chi connectivity index (χ4n) is 0.332. The Bertz CT molecular complexity index is 70.1. The van der Waals surface area contributed by atoms with E-state index in [1.54, 1.807) is 0 Å². The number of hydrogen-bond donors (Lipinski definition) is 0. The van der Waals surface area contributed by atoms with Gasteiger partial charge in [-0.3, -0.25) is 0 Å². The van der Waals surface area contributed by atoms with Gasteiger partial charge in [0.1, 0.15) is 0 Å². The van der Waals surface area contributed by atoms with E-state index in [-0.39, 0.29) is 9.32 Å². The third kappa shape index (κ3) is 6.47. The molecule has 0 aliphatic rings. The molecular formula is C4H7NaO2. The summed E-state index contributed by atoms with van der Waals surface area (Å²) in [5, 5.41) is 0. The van der Waals surface area contributed by atoms with E-state index in [2.05, 4.69) is 4.74 Å². The van der Waals surface area contributed by atoms with Crippen molar-refractivity contribution >= 4 is 33.9 Å². The first-order valence-electron chi connectivity index (χ1n) is 2.30. The Morgan fingerprint density at radius 2 is 2.29 bits per heavy atom. The topological polar surface area (TPSA) is 26.3 Å². The summed E-state index contributed by atoms with van der Waals surface area (Å²) in [6.07, 6.45) is 0. The fourth-order valence-corrected chi connectivity index (χ4v) is 0.664. The van der Waals surface area contributed by atoms with Crippen molar-refractivity contribution in [3.8, 4) is 0 Å². The van der Waals surface area contributed by atoms with E-state index in [1.807, 2.05) is 6.92 Å². The number of ether oxygens (including phenoxy) is 1. The Balaban J connectivity index is 3.13. The molecule has 0 amide bonds. The fraction of sp³-hybridized carbons (Fsp3) is 0.750. The molecule has 0 rings (SSSR count). The Hall–Kier alpha value is 0.470. The van der Waals surface area contributed by atoms with Gasteiger partial charge in [0.25, 0.3) is 0 Å². The van der Waals surface area contributed by atoms with Gasteiger partial charge in [-0.05, 0) is 0 Å². The van der Waals surface area contributed by atoms with Gasteiger partial charge in [-0.15, -0.1) is 0 Å². The molecule has 0 radical (unpaired) electrons. The predicted octanol–water partition coefficient (Wildman–Crippen LogP) is 0.0640. The van der Waals surface area contributed by atoms with E-state index in [0.29, 0.717) is 0 Å². The van der Waals surface area contributed by atoms with Crippen LogP contribution in [0.2, 0.25) is 0 Å². The van der Waals surface area contributed by atoms with E-state index in [9.17, 15) is 4.79 Å². The molecule has 0 aromatic heterocycles. The first kappa shape index (κ1) is 7.47. The molecule has 0 aromatic rings. The van der Waals surface area contributed by atoms with Crippen molar-refractivity contribution in [3.63, 3.8) is 0 Å². The van der Waals surface area contributed by atoms with E-state index in [0.717, 1.165) is 27.9 Å². The molecule has 3 heteroatoms. The molecule has 0 bridgehead atoms. The van der Waals surface area contributed by atoms with Gasteiger partial charge in [-0.2, -0.15) is 0 Å². The number of rotatable bonds is 1. The average molecular weight is 110 g/mol. The molecule has 0 saturated carbocycles. The summed E-state index contributed by atoms with van der Waals surface area (Å²) >= 11 is 0.924. The first-order chi connectivity index (χ1) is 3.13. The second kappa shape index (κ2) is 3.47. The quantitative estimate of drug-likeness (QED) is 0.352. The summed E-state index contributed by atoms with van der Waals surface area (Å²) < 4.78 is 4.84. The summed E-state index contributed by atoms with van der Waals surface area (Å²) in [5.41, 5.74) is 0. The molecule has 0 saturated heterocycles. The Kier molecular flexibility index (Phi) is 3.70. The van der Waals surface area contributed by atoms with Crippen LogP contribution in [0.5, 0.6) is 0 Å².